The lowest BCUT2D eigenvalue weighted by Gasteiger charge is -2.10. The Morgan fingerprint density at radius 2 is 2.00 bits per heavy atom. The zero-order valence-electron chi connectivity index (χ0n) is 8.51. The molecule has 0 unspecified atom stereocenters. The van der Waals surface area contributed by atoms with Crippen molar-refractivity contribution in [3.63, 3.8) is 0 Å². The van der Waals surface area contributed by atoms with Gasteiger partial charge in [0, 0.05) is 0 Å². The summed E-state index contributed by atoms with van der Waals surface area (Å²) in [5.41, 5.74) is 4.11. The molecule has 1 aromatic rings. The van der Waals surface area contributed by atoms with E-state index >= 15 is 0 Å². The Morgan fingerprint density at radius 1 is 1.31 bits per heavy atom. The van der Waals surface area contributed by atoms with Gasteiger partial charge in [0.25, 0.3) is 0 Å². The fourth-order valence-corrected chi connectivity index (χ4v) is 1.86. The van der Waals surface area contributed by atoms with Crippen LogP contribution < -0.4 is 0 Å². The molecule has 0 atom stereocenters. The van der Waals surface area contributed by atoms with E-state index in [-0.39, 0.29) is 0 Å². The zero-order valence-corrected chi connectivity index (χ0v) is 8.51. The molecule has 2 rings (SSSR count). The number of benzene rings is 1. The monoisotopic (exact) mass is 173 g/mol. The van der Waals surface area contributed by atoms with Crippen molar-refractivity contribution in [1.29, 1.82) is 0 Å². The van der Waals surface area contributed by atoms with Crippen LogP contribution in [0.3, 0.4) is 0 Å². The van der Waals surface area contributed by atoms with Crippen LogP contribution in [0.5, 0.6) is 0 Å². The fourth-order valence-electron chi connectivity index (χ4n) is 1.86. The summed E-state index contributed by atoms with van der Waals surface area (Å²) in [4.78, 5) is 0. The third kappa shape index (κ3) is 1.77. The van der Waals surface area contributed by atoms with Gasteiger partial charge in [-0.3, -0.25) is 0 Å². The summed E-state index contributed by atoms with van der Waals surface area (Å²) >= 11 is 0. The van der Waals surface area contributed by atoms with Gasteiger partial charge in [0.05, 0.1) is 0 Å². The average molecular weight is 173 g/mol. The van der Waals surface area contributed by atoms with Crippen LogP contribution in [-0.2, 0) is 0 Å². The molecule has 1 saturated carbocycles. The van der Waals surface area contributed by atoms with Gasteiger partial charge >= 0.3 is 0 Å². The first kappa shape index (κ1) is 8.80. The predicted molar refractivity (Wildman–Crippen MR) is 57.0 cm³/mol. The summed E-state index contributed by atoms with van der Waals surface area (Å²) < 4.78 is 0. The molecular formula is C13H17. The summed E-state index contributed by atoms with van der Waals surface area (Å²) in [6.45, 7) is 8.56. The van der Waals surface area contributed by atoms with Crippen molar-refractivity contribution < 1.29 is 0 Å². The second kappa shape index (κ2) is 3.17. The molecule has 1 radical (unpaired) electrons. The highest BCUT2D eigenvalue weighted by atomic mass is 14.3. The van der Waals surface area contributed by atoms with E-state index in [1.165, 1.54) is 29.5 Å². The fraction of sp³-hybridized carbons (Fsp3) is 0.462. The third-order valence-corrected chi connectivity index (χ3v) is 2.84. The molecule has 0 aliphatic heterocycles. The molecule has 0 nitrogen and oxygen atoms in total. The van der Waals surface area contributed by atoms with Gasteiger partial charge in [0.2, 0.25) is 0 Å². The highest BCUT2D eigenvalue weighted by Gasteiger charge is 2.23. The highest BCUT2D eigenvalue weighted by Crippen LogP contribution is 2.40. The van der Waals surface area contributed by atoms with Crippen molar-refractivity contribution >= 4 is 0 Å². The number of hydrogen-bond donors (Lipinski definition) is 0. The average Bonchev–Trinajstić information content (AvgIpc) is 2.85. The van der Waals surface area contributed by atoms with E-state index in [1.54, 1.807) is 0 Å². The van der Waals surface area contributed by atoms with Crippen molar-refractivity contribution in [3.05, 3.63) is 41.8 Å². The molecule has 0 N–H and O–H groups in total. The summed E-state index contributed by atoms with van der Waals surface area (Å²) in [6, 6.07) is 6.80. The Morgan fingerprint density at radius 3 is 2.46 bits per heavy atom. The van der Waals surface area contributed by atoms with Gasteiger partial charge in [-0.1, -0.05) is 32.0 Å². The molecule has 0 amide bonds. The molecule has 0 saturated heterocycles. The molecule has 1 aliphatic rings. The van der Waals surface area contributed by atoms with E-state index in [0.29, 0.717) is 5.92 Å². The maximum atomic E-state index is 4.11. The van der Waals surface area contributed by atoms with E-state index in [2.05, 4.69) is 39.0 Å². The van der Waals surface area contributed by atoms with E-state index in [0.717, 1.165) is 5.92 Å². The van der Waals surface area contributed by atoms with Crippen LogP contribution in [0.15, 0.2) is 18.2 Å². The van der Waals surface area contributed by atoms with Gasteiger partial charge in [-0.15, -0.1) is 0 Å². The van der Waals surface area contributed by atoms with Crippen LogP contribution in [0.2, 0.25) is 0 Å². The van der Waals surface area contributed by atoms with E-state index in [9.17, 15) is 0 Å². The van der Waals surface area contributed by atoms with Crippen LogP contribution in [0, 0.1) is 6.92 Å². The molecule has 0 bridgehead atoms. The van der Waals surface area contributed by atoms with Gasteiger partial charge in [-0.2, -0.15) is 0 Å². The Labute approximate surface area is 81.0 Å². The quantitative estimate of drug-likeness (QED) is 0.637. The van der Waals surface area contributed by atoms with Crippen molar-refractivity contribution in [2.75, 3.05) is 0 Å². The van der Waals surface area contributed by atoms with Crippen molar-refractivity contribution in [1.82, 2.24) is 0 Å². The maximum Gasteiger partial charge on any atom is -0.0161 e. The van der Waals surface area contributed by atoms with Crippen molar-refractivity contribution in [2.24, 2.45) is 0 Å². The smallest absolute Gasteiger partial charge is 0.0161 e. The van der Waals surface area contributed by atoms with Gasteiger partial charge in [0.15, 0.2) is 0 Å². The Kier molecular flexibility index (Phi) is 2.15. The molecule has 0 spiro atoms. The van der Waals surface area contributed by atoms with E-state index in [1.807, 2.05) is 0 Å². The SMILES string of the molecule is [CH2]c1cc(C2CC2)ccc1C(C)C. The van der Waals surface area contributed by atoms with Crippen LogP contribution >= 0.6 is 0 Å². The van der Waals surface area contributed by atoms with Gasteiger partial charge in [0.1, 0.15) is 0 Å². The van der Waals surface area contributed by atoms with Gasteiger partial charge in [-0.25, -0.2) is 0 Å². The summed E-state index contributed by atoms with van der Waals surface area (Å²) in [6.07, 6.45) is 2.75. The lowest BCUT2D eigenvalue weighted by atomic mass is 9.95. The molecule has 0 aromatic heterocycles. The van der Waals surface area contributed by atoms with E-state index < -0.39 is 0 Å². The van der Waals surface area contributed by atoms with Gasteiger partial charge < -0.3 is 0 Å². The molecular weight excluding hydrogens is 156 g/mol. The molecule has 1 fully saturated rings. The van der Waals surface area contributed by atoms with Crippen LogP contribution in [0.25, 0.3) is 0 Å². The zero-order chi connectivity index (χ0) is 9.42. The molecule has 13 heavy (non-hydrogen) atoms. The minimum absolute atomic E-state index is 0.598. The molecule has 0 heteroatoms. The predicted octanol–water partition coefficient (Wildman–Crippen LogP) is 3.87. The normalized spacial score (nSPS) is 16.6. The molecule has 1 aromatic carbocycles. The topological polar surface area (TPSA) is 0 Å². The minimum atomic E-state index is 0.598. The molecule has 0 heterocycles. The maximum absolute atomic E-state index is 4.11. The van der Waals surface area contributed by atoms with Crippen LogP contribution in [-0.4, -0.2) is 0 Å². The van der Waals surface area contributed by atoms with E-state index in [4.69, 9.17) is 0 Å². The van der Waals surface area contributed by atoms with Gasteiger partial charge in [-0.05, 0) is 48.3 Å². The second-order valence-electron chi connectivity index (χ2n) is 4.39. The summed E-state index contributed by atoms with van der Waals surface area (Å²) in [5, 5.41) is 0. The summed E-state index contributed by atoms with van der Waals surface area (Å²) in [5.74, 6) is 1.45. The third-order valence-electron chi connectivity index (χ3n) is 2.84. The van der Waals surface area contributed by atoms with Crippen LogP contribution in [0.4, 0.5) is 0 Å². The molecule has 69 valence electrons. The Hall–Kier alpha value is -0.780. The number of rotatable bonds is 2. The Bertz CT molecular complexity index is 306. The molecule has 1 aliphatic carbocycles. The standard InChI is InChI=1S/C13H17/c1-9(2)13-7-6-12(8-10(13)3)11-4-5-11/h6-9,11H,3-5H2,1-2H3. The lowest BCUT2D eigenvalue weighted by molar-refractivity contribution is 0.859. The first-order valence-corrected chi connectivity index (χ1v) is 5.14. The van der Waals surface area contributed by atoms with Crippen molar-refractivity contribution in [2.45, 2.75) is 38.5 Å². The second-order valence-corrected chi connectivity index (χ2v) is 4.39. The first-order valence-electron chi connectivity index (χ1n) is 5.14. The highest BCUT2D eigenvalue weighted by molar-refractivity contribution is 5.38. The lowest BCUT2D eigenvalue weighted by Crippen LogP contribution is -1.93. The first-order chi connectivity index (χ1) is 6.18. The largest absolute Gasteiger partial charge is 0.0587 e. The minimum Gasteiger partial charge on any atom is -0.0587 e. The summed E-state index contributed by atoms with van der Waals surface area (Å²) in [7, 11) is 0. The number of hydrogen-bond acceptors (Lipinski definition) is 0. The van der Waals surface area contributed by atoms with Crippen molar-refractivity contribution in [3.8, 4) is 0 Å². The van der Waals surface area contributed by atoms with Crippen LogP contribution in [0.1, 0.15) is 55.2 Å². The Balaban J connectivity index is 2.31.